The lowest BCUT2D eigenvalue weighted by atomic mass is 9.82. The van der Waals surface area contributed by atoms with Gasteiger partial charge in [0, 0.05) is 51.0 Å². The summed E-state index contributed by atoms with van der Waals surface area (Å²) in [6, 6.07) is 2.95. The highest BCUT2D eigenvalue weighted by Crippen LogP contribution is 2.41. The lowest BCUT2D eigenvalue weighted by Crippen LogP contribution is -2.62. The fourth-order valence-electron chi connectivity index (χ4n) is 4.52. The number of carbonyl (C=O) groups excluding carboxylic acids is 2. The SMILES string of the molecule is CC(C)(C)C(=O)N1CCN2C(=O)OC3(CCN(c4ccc(F)cn4)CC3)C2C1. The maximum Gasteiger partial charge on any atom is 0.410 e. The quantitative estimate of drug-likeness (QED) is 0.736. The van der Waals surface area contributed by atoms with Crippen LogP contribution < -0.4 is 4.90 Å². The van der Waals surface area contributed by atoms with Crippen molar-refractivity contribution < 1.29 is 18.7 Å². The van der Waals surface area contributed by atoms with E-state index >= 15 is 0 Å². The molecule has 1 aromatic rings. The summed E-state index contributed by atoms with van der Waals surface area (Å²) in [4.78, 5) is 35.1. The van der Waals surface area contributed by atoms with Gasteiger partial charge in [-0.3, -0.25) is 9.69 Å². The molecule has 3 fully saturated rings. The Hall–Kier alpha value is -2.38. The van der Waals surface area contributed by atoms with Crippen LogP contribution in [0.1, 0.15) is 33.6 Å². The largest absolute Gasteiger partial charge is 0.440 e. The predicted octanol–water partition coefficient (Wildman–Crippen LogP) is 2.27. The molecule has 1 atom stereocenters. The molecule has 0 aromatic carbocycles. The molecule has 1 unspecified atom stereocenters. The highest BCUT2D eigenvalue weighted by atomic mass is 19.1. The van der Waals surface area contributed by atoms with E-state index in [0.717, 1.165) is 5.82 Å². The molecular weight excluding hydrogens is 363 g/mol. The van der Waals surface area contributed by atoms with Crippen LogP contribution in [0.25, 0.3) is 0 Å². The van der Waals surface area contributed by atoms with Gasteiger partial charge in [0.1, 0.15) is 17.2 Å². The summed E-state index contributed by atoms with van der Waals surface area (Å²) < 4.78 is 19.0. The number of halogens is 1. The lowest BCUT2D eigenvalue weighted by Gasteiger charge is -2.46. The first-order chi connectivity index (χ1) is 13.2. The van der Waals surface area contributed by atoms with Crippen molar-refractivity contribution in [1.29, 1.82) is 0 Å². The normalized spacial score (nSPS) is 24.4. The third-order valence-electron chi connectivity index (χ3n) is 6.09. The van der Waals surface area contributed by atoms with Crippen molar-refractivity contribution in [2.75, 3.05) is 37.6 Å². The topological polar surface area (TPSA) is 66.0 Å². The molecule has 2 amide bonds. The van der Waals surface area contributed by atoms with Crippen LogP contribution in [0, 0.1) is 11.2 Å². The van der Waals surface area contributed by atoms with E-state index in [9.17, 15) is 14.0 Å². The van der Waals surface area contributed by atoms with Gasteiger partial charge in [-0.15, -0.1) is 0 Å². The Kier molecular flexibility index (Phi) is 4.47. The first kappa shape index (κ1) is 19.0. The van der Waals surface area contributed by atoms with Gasteiger partial charge in [-0.2, -0.15) is 0 Å². The fraction of sp³-hybridized carbons (Fsp3) is 0.650. The number of rotatable bonds is 1. The summed E-state index contributed by atoms with van der Waals surface area (Å²) in [5, 5.41) is 0. The first-order valence-corrected chi connectivity index (χ1v) is 9.85. The van der Waals surface area contributed by atoms with Crippen LogP contribution in [0.4, 0.5) is 15.0 Å². The number of fused-ring (bicyclic) bond motifs is 2. The van der Waals surface area contributed by atoms with Gasteiger partial charge in [-0.05, 0) is 12.1 Å². The maximum atomic E-state index is 13.1. The molecule has 1 aromatic heterocycles. The summed E-state index contributed by atoms with van der Waals surface area (Å²) in [7, 11) is 0. The van der Waals surface area contributed by atoms with Crippen LogP contribution >= 0.6 is 0 Å². The number of nitrogens with zero attached hydrogens (tertiary/aromatic N) is 4. The van der Waals surface area contributed by atoms with Crippen LogP contribution in [0.5, 0.6) is 0 Å². The second-order valence-electron chi connectivity index (χ2n) is 8.96. The number of aromatic nitrogens is 1. The second kappa shape index (κ2) is 6.60. The lowest BCUT2D eigenvalue weighted by molar-refractivity contribution is -0.142. The Bertz CT molecular complexity index is 769. The van der Waals surface area contributed by atoms with E-state index in [1.54, 1.807) is 11.0 Å². The minimum absolute atomic E-state index is 0.106. The number of hydrogen-bond acceptors (Lipinski definition) is 5. The number of carbonyl (C=O) groups is 2. The average Bonchev–Trinajstić information content (AvgIpc) is 2.93. The molecular formula is C20H27FN4O3. The molecule has 3 aliphatic heterocycles. The Balaban J connectivity index is 1.49. The molecule has 0 bridgehead atoms. The predicted molar refractivity (Wildman–Crippen MR) is 101 cm³/mol. The molecule has 0 aliphatic carbocycles. The van der Waals surface area contributed by atoms with Crippen LogP contribution in [-0.2, 0) is 9.53 Å². The Morgan fingerprint density at radius 1 is 1.21 bits per heavy atom. The molecule has 0 saturated carbocycles. The summed E-state index contributed by atoms with van der Waals surface area (Å²) in [6.45, 7) is 8.66. The monoisotopic (exact) mass is 390 g/mol. The number of pyridine rings is 1. The van der Waals surface area contributed by atoms with Crippen molar-refractivity contribution >= 4 is 17.8 Å². The van der Waals surface area contributed by atoms with E-state index < -0.39 is 11.0 Å². The third-order valence-corrected chi connectivity index (χ3v) is 6.09. The zero-order valence-electron chi connectivity index (χ0n) is 16.7. The van der Waals surface area contributed by atoms with E-state index in [1.165, 1.54) is 12.3 Å². The van der Waals surface area contributed by atoms with Gasteiger partial charge < -0.3 is 14.5 Å². The zero-order valence-corrected chi connectivity index (χ0v) is 16.7. The molecule has 1 spiro atoms. The molecule has 7 nitrogen and oxygen atoms in total. The summed E-state index contributed by atoms with van der Waals surface area (Å²) in [5.74, 6) is 0.476. The number of hydrogen-bond donors (Lipinski definition) is 0. The van der Waals surface area contributed by atoms with Gasteiger partial charge in [0.2, 0.25) is 5.91 Å². The Morgan fingerprint density at radius 2 is 1.93 bits per heavy atom. The van der Waals surface area contributed by atoms with Crippen molar-refractivity contribution in [3.63, 3.8) is 0 Å². The van der Waals surface area contributed by atoms with Crippen LogP contribution in [0.15, 0.2) is 18.3 Å². The van der Waals surface area contributed by atoms with Crippen LogP contribution in [0.3, 0.4) is 0 Å². The number of amides is 2. The van der Waals surface area contributed by atoms with Gasteiger partial charge in [0.25, 0.3) is 0 Å². The van der Waals surface area contributed by atoms with Gasteiger partial charge in [0.15, 0.2) is 0 Å². The van der Waals surface area contributed by atoms with Gasteiger partial charge in [-0.25, -0.2) is 14.2 Å². The standard InChI is InChI=1S/C20H27FN4O3/c1-19(2,3)17(26)24-10-11-25-15(13-24)20(28-18(25)27)6-8-23(9-7-20)16-5-4-14(21)12-22-16/h4-5,12,15H,6-11,13H2,1-3H3. The first-order valence-electron chi connectivity index (χ1n) is 9.85. The van der Waals surface area contributed by atoms with E-state index in [0.29, 0.717) is 45.6 Å². The Morgan fingerprint density at radius 3 is 2.54 bits per heavy atom. The second-order valence-corrected chi connectivity index (χ2v) is 8.96. The Labute approximate surface area is 164 Å². The molecule has 152 valence electrons. The van der Waals surface area contributed by atoms with E-state index in [2.05, 4.69) is 9.88 Å². The van der Waals surface area contributed by atoms with Crippen LogP contribution in [-0.4, -0.2) is 71.2 Å². The number of piperidine rings is 1. The van der Waals surface area contributed by atoms with Crippen molar-refractivity contribution in [2.24, 2.45) is 5.41 Å². The molecule has 3 aliphatic rings. The highest BCUT2D eigenvalue weighted by molar-refractivity contribution is 5.82. The molecule has 8 heteroatoms. The summed E-state index contributed by atoms with van der Waals surface area (Å²) in [6.07, 6.45) is 2.27. The third kappa shape index (κ3) is 3.18. The van der Waals surface area contributed by atoms with Gasteiger partial charge >= 0.3 is 6.09 Å². The molecule has 4 rings (SSSR count). The smallest absolute Gasteiger partial charge is 0.410 e. The fourth-order valence-corrected chi connectivity index (χ4v) is 4.52. The van der Waals surface area contributed by atoms with E-state index in [-0.39, 0.29) is 23.9 Å². The van der Waals surface area contributed by atoms with E-state index in [1.807, 2.05) is 25.7 Å². The molecule has 28 heavy (non-hydrogen) atoms. The van der Waals surface area contributed by atoms with E-state index in [4.69, 9.17) is 4.74 Å². The van der Waals surface area contributed by atoms with Crippen molar-refractivity contribution in [1.82, 2.24) is 14.8 Å². The van der Waals surface area contributed by atoms with Crippen molar-refractivity contribution in [3.8, 4) is 0 Å². The van der Waals surface area contributed by atoms with Crippen molar-refractivity contribution in [2.45, 2.75) is 45.3 Å². The minimum Gasteiger partial charge on any atom is -0.440 e. The number of anilines is 1. The summed E-state index contributed by atoms with van der Waals surface area (Å²) >= 11 is 0. The molecule has 4 heterocycles. The minimum atomic E-state index is -0.579. The van der Waals surface area contributed by atoms with Crippen LogP contribution in [0.2, 0.25) is 0 Å². The summed E-state index contributed by atoms with van der Waals surface area (Å²) in [5.41, 5.74) is -1.03. The van der Waals surface area contributed by atoms with Gasteiger partial charge in [-0.1, -0.05) is 20.8 Å². The zero-order chi connectivity index (χ0) is 20.1. The maximum absolute atomic E-state index is 13.1. The van der Waals surface area contributed by atoms with Gasteiger partial charge in [0.05, 0.1) is 12.2 Å². The average molecular weight is 390 g/mol. The number of ether oxygens (including phenoxy) is 1. The van der Waals surface area contributed by atoms with Crippen molar-refractivity contribution in [3.05, 3.63) is 24.1 Å². The number of piperazine rings is 1. The molecule has 0 radical (unpaired) electrons. The highest BCUT2D eigenvalue weighted by Gasteiger charge is 2.57. The molecule has 0 N–H and O–H groups in total. The molecule has 3 saturated heterocycles.